The predicted octanol–water partition coefficient (Wildman–Crippen LogP) is 2.98. The molecule has 1 N–H and O–H groups in total. The fourth-order valence-corrected chi connectivity index (χ4v) is 2.73. The molecule has 0 aliphatic heterocycles. The molecule has 1 aromatic rings. The Morgan fingerprint density at radius 1 is 1.45 bits per heavy atom. The number of methoxy groups -OCH3 is 1. The number of hydrogen-bond acceptors (Lipinski definition) is 3. The van der Waals surface area contributed by atoms with Crippen molar-refractivity contribution in [2.45, 2.75) is 51.5 Å². The van der Waals surface area contributed by atoms with Crippen LogP contribution in [0.5, 0.6) is 0 Å². The topological polar surface area (TPSA) is 30.5 Å². The summed E-state index contributed by atoms with van der Waals surface area (Å²) in [6.45, 7) is 6.52. The van der Waals surface area contributed by atoms with Gasteiger partial charge >= 0.3 is 0 Å². The lowest BCUT2D eigenvalue weighted by Gasteiger charge is -2.44. The first kappa shape index (κ1) is 15.4. The van der Waals surface area contributed by atoms with Crippen LogP contribution < -0.4 is 5.32 Å². The molecular formula is C16H24FNO2. The van der Waals surface area contributed by atoms with Gasteiger partial charge in [0.2, 0.25) is 0 Å². The van der Waals surface area contributed by atoms with Crippen molar-refractivity contribution in [3.8, 4) is 0 Å². The summed E-state index contributed by atoms with van der Waals surface area (Å²) in [5, 5.41) is 3.50. The molecule has 4 heteroatoms. The maximum absolute atomic E-state index is 13.6. The number of rotatable bonds is 6. The van der Waals surface area contributed by atoms with Gasteiger partial charge in [-0.2, -0.15) is 0 Å². The summed E-state index contributed by atoms with van der Waals surface area (Å²) in [4.78, 5) is 0. The van der Waals surface area contributed by atoms with Gasteiger partial charge < -0.3 is 14.8 Å². The van der Waals surface area contributed by atoms with E-state index >= 15 is 0 Å². The highest BCUT2D eigenvalue weighted by Crippen LogP contribution is 2.29. The fourth-order valence-electron chi connectivity index (χ4n) is 2.73. The van der Waals surface area contributed by atoms with E-state index in [1.807, 2.05) is 26.0 Å². The minimum Gasteiger partial charge on any atom is -0.377 e. The summed E-state index contributed by atoms with van der Waals surface area (Å²) in [6, 6.07) is 5.75. The van der Waals surface area contributed by atoms with E-state index in [4.69, 9.17) is 9.47 Å². The summed E-state index contributed by atoms with van der Waals surface area (Å²) in [5.41, 5.74) is 1.64. The molecule has 0 amide bonds. The zero-order valence-corrected chi connectivity index (χ0v) is 12.7. The van der Waals surface area contributed by atoms with Crippen molar-refractivity contribution in [3.05, 3.63) is 35.1 Å². The molecule has 0 aromatic heterocycles. The predicted molar refractivity (Wildman–Crippen MR) is 77.3 cm³/mol. The number of aryl methyl sites for hydroxylation is 1. The van der Waals surface area contributed by atoms with Crippen LogP contribution in [0, 0.1) is 12.7 Å². The fraction of sp³-hybridized carbons (Fsp3) is 0.625. The third-order valence-corrected chi connectivity index (χ3v) is 4.06. The molecule has 0 saturated heterocycles. The zero-order chi connectivity index (χ0) is 14.7. The maximum atomic E-state index is 13.6. The molecule has 4 unspecified atom stereocenters. The number of halogens is 1. The van der Waals surface area contributed by atoms with Gasteiger partial charge in [-0.3, -0.25) is 0 Å². The van der Waals surface area contributed by atoms with Crippen LogP contribution in [0.25, 0.3) is 0 Å². The number of hydrogen-bond donors (Lipinski definition) is 1. The van der Waals surface area contributed by atoms with Gasteiger partial charge in [0, 0.05) is 25.8 Å². The van der Waals surface area contributed by atoms with Gasteiger partial charge in [-0.05, 0) is 44.4 Å². The Morgan fingerprint density at radius 3 is 2.80 bits per heavy atom. The van der Waals surface area contributed by atoms with Crippen molar-refractivity contribution in [2.75, 3.05) is 13.7 Å². The lowest BCUT2D eigenvalue weighted by atomic mass is 9.84. The van der Waals surface area contributed by atoms with E-state index in [1.54, 1.807) is 20.1 Å². The lowest BCUT2D eigenvalue weighted by molar-refractivity contribution is -0.133. The first-order chi connectivity index (χ1) is 9.56. The van der Waals surface area contributed by atoms with Gasteiger partial charge in [-0.15, -0.1) is 0 Å². The highest BCUT2D eigenvalue weighted by atomic mass is 19.1. The van der Waals surface area contributed by atoms with Crippen molar-refractivity contribution in [1.82, 2.24) is 5.32 Å². The van der Waals surface area contributed by atoms with E-state index < -0.39 is 0 Å². The Bertz CT molecular complexity index is 452. The van der Waals surface area contributed by atoms with Crippen LogP contribution in [-0.4, -0.2) is 32.0 Å². The summed E-state index contributed by atoms with van der Waals surface area (Å²) in [7, 11) is 1.71. The molecule has 20 heavy (non-hydrogen) atoms. The van der Waals surface area contributed by atoms with Gasteiger partial charge in [-0.1, -0.05) is 12.1 Å². The first-order valence-electron chi connectivity index (χ1n) is 7.23. The maximum Gasteiger partial charge on any atom is 0.126 e. The second-order valence-electron chi connectivity index (χ2n) is 5.43. The molecule has 3 nitrogen and oxygen atoms in total. The number of ether oxygens (including phenoxy) is 2. The molecule has 0 spiro atoms. The van der Waals surface area contributed by atoms with Crippen LogP contribution in [0.15, 0.2) is 18.2 Å². The third kappa shape index (κ3) is 3.19. The molecule has 112 valence electrons. The monoisotopic (exact) mass is 281 g/mol. The second kappa shape index (κ2) is 6.66. The van der Waals surface area contributed by atoms with E-state index in [0.29, 0.717) is 12.2 Å². The number of nitrogens with one attached hydrogen (secondary N) is 1. The molecule has 0 heterocycles. The van der Waals surface area contributed by atoms with Crippen molar-refractivity contribution >= 4 is 0 Å². The van der Waals surface area contributed by atoms with Crippen LogP contribution in [0.2, 0.25) is 0 Å². The van der Waals surface area contributed by atoms with Gasteiger partial charge in [0.1, 0.15) is 5.82 Å². The highest BCUT2D eigenvalue weighted by molar-refractivity contribution is 5.25. The molecule has 4 atom stereocenters. The molecule has 1 aromatic carbocycles. The Morgan fingerprint density at radius 2 is 2.20 bits per heavy atom. The van der Waals surface area contributed by atoms with E-state index in [1.165, 1.54) is 0 Å². The Kier molecular flexibility index (Phi) is 5.13. The molecule has 0 radical (unpaired) electrons. The van der Waals surface area contributed by atoms with Crippen LogP contribution in [0.1, 0.15) is 37.4 Å². The molecular weight excluding hydrogens is 257 g/mol. The molecule has 0 bridgehead atoms. The number of benzene rings is 1. The van der Waals surface area contributed by atoms with Crippen molar-refractivity contribution in [3.63, 3.8) is 0 Å². The zero-order valence-electron chi connectivity index (χ0n) is 12.7. The first-order valence-corrected chi connectivity index (χ1v) is 7.23. The Labute approximate surface area is 120 Å². The van der Waals surface area contributed by atoms with Gasteiger partial charge in [0.15, 0.2) is 0 Å². The molecule has 1 aliphatic rings. The molecule has 1 fully saturated rings. The third-order valence-electron chi connectivity index (χ3n) is 4.06. The normalized spacial score (nSPS) is 27.1. The average molecular weight is 281 g/mol. The SMILES string of the molecule is CCOC1CC(NC(C)c2ccc(C)c(F)c2)C1OC. The van der Waals surface area contributed by atoms with Gasteiger partial charge in [-0.25, -0.2) is 4.39 Å². The van der Waals surface area contributed by atoms with Crippen LogP contribution in [0.4, 0.5) is 4.39 Å². The minimum atomic E-state index is -0.153. The second-order valence-corrected chi connectivity index (χ2v) is 5.43. The van der Waals surface area contributed by atoms with Gasteiger partial charge in [0.05, 0.1) is 12.2 Å². The van der Waals surface area contributed by atoms with E-state index in [0.717, 1.165) is 12.0 Å². The molecule has 1 aliphatic carbocycles. The summed E-state index contributed by atoms with van der Waals surface area (Å²) >= 11 is 0. The van der Waals surface area contributed by atoms with Crippen LogP contribution in [0.3, 0.4) is 0 Å². The summed E-state index contributed by atoms with van der Waals surface area (Å²) < 4.78 is 24.7. The quantitative estimate of drug-likeness (QED) is 0.869. The standard InChI is InChI=1S/C16H24FNO2/c1-5-20-15-9-14(16(15)19-4)18-11(3)12-7-6-10(2)13(17)8-12/h6-8,11,14-16,18H,5,9H2,1-4H3. The van der Waals surface area contributed by atoms with Crippen LogP contribution in [-0.2, 0) is 9.47 Å². The highest BCUT2D eigenvalue weighted by Gasteiger charge is 2.42. The Balaban J connectivity index is 1.94. The van der Waals surface area contributed by atoms with E-state index in [2.05, 4.69) is 5.32 Å². The smallest absolute Gasteiger partial charge is 0.126 e. The van der Waals surface area contributed by atoms with Gasteiger partial charge in [0.25, 0.3) is 0 Å². The minimum absolute atomic E-state index is 0.0766. The Hall–Kier alpha value is -0.970. The van der Waals surface area contributed by atoms with Crippen molar-refractivity contribution in [1.29, 1.82) is 0 Å². The summed E-state index contributed by atoms with van der Waals surface area (Å²) in [5.74, 6) is -0.153. The molecule has 1 saturated carbocycles. The van der Waals surface area contributed by atoms with Crippen molar-refractivity contribution in [2.24, 2.45) is 0 Å². The average Bonchev–Trinajstić information content (AvgIpc) is 2.40. The van der Waals surface area contributed by atoms with Crippen molar-refractivity contribution < 1.29 is 13.9 Å². The van der Waals surface area contributed by atoms with Crippen LogP contribution >= 0.6 is 0 Å². The largest absolute Gasteiger partial charge is 0.377 e. The summed E-state index contributed by atoms with van der Waals surface area (Å²) in [6.07, 6.45) is 1.18. The van der Waals surface area contributed by atoms with E-state index in [9.17, 15) is 4.39 Å². The van der Waals surface area contributed by atoms with E-state index in [-0.39, 0.29) is 30.1 Å². The molecule has 2 rings (SSSR count). The lowest BCUT2D eigenvalue weighted by Crippen LogP contribution is -2.60.